The Morgan fingerprint density at radius 3 is 2.61 bits per heavy atom. The first-order chi connectivity index (χ1) is 8.50. The summed E-state index contributed by atoms with van der Waals surface area (Å²) in [6, 6.07) is 5.27. The Bertz CT molecular complexity index is 455. The summed E-state index contributed by atoms with van der Waals surface area (Å²) < 4.78 is 0.755. The molecular weight excluding hydrogens is 314 g/mol. The molecule has 4 heteroatoms. The maximum absolute atomic E-state index is 12.2. The second-order valence-electron chi connectivity index (χ2n) is 5.20. The predicted molar refractivity (Wildman–Crippen MR) is 78.1 cm³/mol. The van der Waals surface area contributed by atoms with E-state index in [1.54, 1.807) is 18.2 Å². The van der Waals surface area contributed by atoms with Gasteiger partial charge in [0.25, 0.3) is 5.91 Å². The van der Waals surface area contributed by atoms with Crippen molar-refractivity contribution in [2.24, 2.45) is 0 Å². The number of halogens is 2. The van der Waals surface area contributed by atoms with Crippen molar-refractivity contribution >= 4 is 33.4 Å². The van der Waals surface area contributed by atoms with E-state index >= 15 is 0 Å². The van der Waals surface area contributed by atoms with Gasteiger partial charge in [0.05, 0.1) is 5.02 Å². The summed E-state index contributed by atoms with van der Waals surface area (Å²) in [6.07, 6.45) is 5.79. The van der Waals surface area contributed by atoms with Crippen LogP contribution >= 0.6 is 27.5 Å². The summed E-state index contributed by atoms with van der Waals surface area (Å²) in [5.41, 5.74) is 0.597. The standard InChI is InChI=1S/C14H17BrClNO/c1-14(7-3-2-4-8-14)17-13(18)10-5-6-12(16)11(15)9-10/h5-6,9H,2-4,7-8H2,1H3,(H,17,18). The van der Waals surface area contributed by atoms with Gasteiger partial charge in [-0.2, -0.15) is 0 Å². The quantitative estimate of drug-likeness (QED) is 0.846. The number of hydrogen-bond donors (Lipinski definition) is 1. The second-order valence-corrected chi connectivity index (χ2v) is 6.47. The zero-order chi connectivity index (χ0) is 13.2. The minimum Gasteiger partial charge on any atom is -0.347 e. The maximum atomic E-state index is 12.2. The third-order valence-electron chi connectivity index (χ3n) is 3.55. The lowest BCUT2D eigenvalue weighted by Crippen LogP contribution is -2.47. The molecule has 18 heavy (non-hydrogen) atoms. The number of rotatable bonds is 2. The van der Waals surface area contributed by atoms with Gasteiger partial charge in [-0.15, -0.1) is 0 Å². The molecular formula is C14H17BrClNO. The van der Waals surface area contributed by atoms with Gasteiger partial charge in [-0.3, -0.25) is 4.79 Å². The van der Waals surface area contributed by atoms with Crippen LogP contribution in [-0.4, -0.2) is 11.4 Å². The molecule has 1 aromatic carbocycles. The van der Waals surface area contributed by atoms with Gasteiger partial charge in [-0.05, 0) is 53.9 Å². The fourth-order valence-corrected chi connectivity index (χ4v) is 2.94. The molecule has 0 bridgehead atoms. The van der Waals surface area contributed by atoms with Crippen LogP contribution in [-0.2, 0) is 0 Å². The topological polar surface area (TPSA) is 29.1 Å². The van der Waals surface area contributed by atoms with Crippen molar-refractivity contribution < 1.29 is 4.79 Å². The molecule has 0 spiro atoms. The number of hydrogen-bond acceptors (Lipinski definition) is 1. The van der Waals surface area contributed by atoms with E-state index in [0.29, 0.717) is 10.6 Å². The highest BCUT2D eigenvalue weighted by atomic mass is 79.9. The van der Waals surface area contributed by atoms with E-state index in [0.717, 1.165) is 17.3 Å². The molecule has 98 valence electrons. The SMILES string of the molecule is CC1(NC(=O)c2ccc(Cl)c(Br)c2)CCCCC1. The van der Waals surface area contributed by atoms with Crippen LogP contribution in [0.2, 0.25) is 5.02 Å². The van der Waals surface area contributed by atoms with Gasteiger partial charge in [0.15, 0.2) is 0 Å². The Balaban J connectivity index is 2.09. The lowest BCUT2D eigenvalue weighted by Gasteiger charge is -2.34. The highest BCUT2D eigenvalue weighted by Gasteiger charge is 2.28. The van der Waals surface area contributed by atoms with E-state index in [2.05, 4.69) is 28.2 Å². The molecule has 1 amide bonds. The highest BCUT2D eigenvalue weighted by molar-refractivity contribution is 9.10. The lowest BCUT2D eigenvalue weighted by molar-refractivity contribution is 0.0882. The number of benzene rings is 1. The Kier molecular flexibility index (Phi) is 4.33. The molecule has 0 aliphatic heterocycles. The predicted octanol–water partition coefficient (Wildman–Crippen LogP) is 4.56. The summed E-state index contributed by atoms with van der Waals surface area (Å²) in [4.78, 5) is 12.2. The summed E-state index contributed by atoms with van der Waals surface area (Å²) in [7, 11) is 0. The van der Waals surface area contributed by atoms with Gasteiger partial charge in [0.1, 0.15) is 0 Å². The van der Waals surface area contributed by atoms with Gasteiger partial charge in [-0.1, -0.05) is 30.9 Å². The van der Waals surface area contributed by atoms with Crippen molar-refractivity contribution in [3.05, 3.63) is 33.3 Å². The molecule has 1 fully saturated rings. The first-order valence-electron chi connectivity index (χ1n) is 6.28. The lowest BCUT2D eigenvalue weighted by atomic mass is 9.83. The molecule has 0 aromatic heterocycles. The molecule has 1 saturated carbocycles. The zero-order valence-electron chi connectivity index (χ0n) is 10.4. The van der Waals surface area contributed by atoms with Crippen LogP contribution in [0, 0.1) is 0 Å². The van der Waals surface area contributed by atoms with Crippen LogP contribution in [0.1, 0.15) is 49.4 Å². The van der Waals surface area contributed by atoms with Crippen molar-refractivity contribution in [3.8, 4) is 0 Å². The first kappa shape index (κ1) is 13.9. The van der Waals surface area contributed by atoms with E-state index in [-0.39, 0.29) is 11.4 Å². The van der Waals surface area contributed by atoms with Crippen molar-refractivity contribution in [1.29, 1.82) is 0 Å². The average Bonchev–Trinajstić information content (AvgIpc) is 2.33. The Hall–Kier alpha value is -0.540. The molecule has 0 atom stereocenters. The summed E-state index contributed by atoms with van der Waals surface area (Å²) in [5.74, 6) is -0.0169. The van der Waals surface area contributed by atoms with Crippen molar-refractivity contribution in [1.82, 2.24) is 5.32 Å². The average molecular weight is 331 g/mol. The fourth-order valence-electron chi connectivity index (χ4n) is 2.44. The monoisotopic (exact) mass is 329 g/mol. The number of carbonyl (C=O) groups excluding carboxylic acids is 1. The maximum Gasteiger partial charge on any atom is 0.251 e. The largest absolute Gasteiger partial charge is 0.347 e. The molecule has 2 nitrogen and oxygen atoms in total. The highest BCUT2D eigenvalue weighted by Crippen LogP contribution is 2.28. The van der Waals surface area contributed by atoms with Crippen LogP contribution in [0.3, 0.4) is 0 Å². The number of carbonyl (C=O) groups is 1. The van der Waals surface area contributed by atoms with Gasteiger partial charge in [0.2, 0.25) is 0 Å². The normalized spacial score (nSPS) is 18.4. The van der Waals surface area contributed by atoms with Crippen LogP contribution in [0.15, 0.2) is 22.7 Å². The van der Waals surface area contributed by atoms with E-state index in [4.69, 9.17) is 11.6 Å². The van der Waals surface area contributed by atoms with Crippen molar-refractivity contribution in [3.63, 3.8) is 0 Å². The third kappa shape index (κ3) is 3.27. The van der Waals surface area contributed by atoms with Crippen LogP contribution in [0.25, 0.3) is 0 Å². The molecule has 0 unspecified atom stereocenters. The number of nitrogens with one attached hydrogen (secondary N) is 1. The fraction of sp³-hybridized carbons (Fsp3) is 0.500. The van der Waals surface area contributed by atoms with E-state index in [1.807, 2.05) is 0 Å². The van der Waals surface area contributed by atoms with E-state index in [9.17, 15) is 4.79 Å². The van der Waals surface area contributed by atoms with Gasteiger partial charge in [-0.25, -0.2) is 0 Å². The molecule has 1 N–H and O–H groups in total. The molecule has 0 radical (unpaired) electrons. The summed E-state index contributed by atoms with van der Waals surface area (Å²) >= 11 is 9.27. The number of amides is 1. The van der Waals surface area contributed by atoms with Crippen LogP contribution in [0.5, 0.6) is 0 Å². The minimum absolute atomic E-state index is 0.0169. The Labute approximate surface area is 121 Å². The van der Waals surface area contributed by atoms with Crippen molar-refractivity contribution in [2.45, 2.75) is 44.6 Å². The molecule has 1 aliphatic carbocycles. The smallest absolute Gasteiger partial charge is 0.251 e. The van der Waals surface area contributed by atoms with Gasteiger partial charge < -0.3 is 5.32 Å². The molecule has 1 aromatic rings. The zero-order valence-corrected chi connectivity index (χ0v) is 12.8. The molecule has 2 rings (SSSR count). The van der Waals surface area contributed by atoms with E-state index in [1.165, 1.54) is 19.3 Å². The minimum atomic E-state index is -0.0541. The first-order valence-corrected chi connectivity index (χ1v) is 7.45. The second kappa shape index (κ2) is 5.62. The van der Waals surface area contributed by atoms with Crippen molar-refractivity contribution in [2.75, 3.05) is 0 Å². The van der Waals surface area contributed by atoms with E-state index < -0.39 is 0 Å². The third-order valence-corrected chi connectivity index (χ3v) is 4.77. The summed E-state index contributed by atoms with van der Waals surface area (Å²) in [5, 5.41) is 3.78. The van der Waals surface area contributed by atoms with Gasteiger partial charge in [0, 0.05) is 15.6 Å². The summed E-state index contributed by atoms with van der Waals surface area (Å²) in [6.45, 7) is 2.13. The van der Waals surface area contributed by atoms with Gasteiger partial charge >= 0.3 is 0 Å². The molecule has 0 saturated heterocycles. The molecule has 1 aliphatic rings. The Morgan fingerprint density at radius 2 is 2.00 bits per heavy atom. The van der Waals surface area contributed by atoms with Crippen LogP contribution < -0.4 is 5.32 Å². The van der Waals surface area contributed by atoms with Crippen LogP contribution in [0.4, 0.5) is 0 Å². The Morgan fingerprint density at radius 1 is 1.33 bits per heavy atom. The molecule has 0 heterocycles.